The van der Waals surface area contributed by atoms with E-state index in [4.69, 9.17) is 11.3 Å². The molecular formula is C37H32FN2O+. The Morgan fingerprint density at radius 1 is 0.902 bits per heavy atom. The first kappa shape index (κ1) is 21.1. The van der Waals surface area contributed by atoms with Crippen LogP contribution in [-0.4, -0.2) is 0 Å². The number of aromatic nitrogens is 1. The van der Waals surface area contributed by atoms with Gasteiger partial charge in [-0.25, -0.2) is 8.96 Å². The van der Waals surface area contributed by atoms with E-state index >= 15 is 4.39 Å². The van der Waals surface area contributed by atoms with Gasteiger partial charge in [-0.05, 0) is 59.1 Å². The molecule has 0 amide bonds. The average molecular weight is 545 g/mol. The summed E-state index contributed by atoms with van der Waals surface area (Å²) in [7, 11) is 1.65. The number of aryl methyl sites for hydroxylation is 2. The maximum atomic E-state index is 15.9. The van der Waals surface area contributed by atoms with Crippen molar-refractivity contribution in [3.05, 3.63) is 113 Å². The lowest BCUT2D eigenvalue weighted by Crippen LogP contribution is -2.34. The van der Waals surface area contributed by atoms with Gasteiger partial charge in [0.15, 0.2) is 6.17 Å². The van der Waals surface area contributed by atoms with Crippen LogP contribution in [0.4, 0.5) is 4.39 Å². The maximum Gasteiger partial charge on any atom is 0.219 e. The number of hydrogen-bond acceptors (Lipinski definition) is 2. The van der Waals surface area contributed by atoms with Crippen molar-refractivity contribution in [1.29, 1.82) is 5.26 Å². The van der Waals surface area contributed by atoms with Gasteiger partial charge >= 0.3 is 0 Å². The molecule has 41 heavy (non-hydrogen) atoms. The third-order valence-electron chi connectivity index (χ3n) is 7.58. The van der Waals surface area contributed by atoms with E-state index in [9.17, 15) is 5.26 Å². The highest BCUT2D eigenvalue weighted by atomic mass is 19.1. The number of benzene rings is 4. The lowest BCUT2D eigenvalue weighted by atomic mass is 9.87. The second-order valence-corrected chi connectivity index (χ2v) is 11.4. The molecule has 0 bridgehead atoms. The average Bonchev–Trinajstić information content (AvgIpc) is 3.38. The summed E-state index contributed by atoms with van der Waals surface area (Å²) in [6, 6.07) is 23.5. The Bertz CT molecular complexity index is 2210. The van der Waals surface area contributed by atoms with E-state index in [1.54, 1.807) is 37.4 Å². The Kier molecular flexibility index (Phi) is 4.99. The minimum atomic E-state index is -2.43. The Labute approximate surface area is 247 Å². The molecule has 202 valence electrons. The summed E-state index contributed by atoms with van der Waals surface area (Å²) >= 11 is 0. The Hall–Kier alpha value is -4.75. The number of rotatable bonds is 3. The largest absolute Gasteiger partial charge is 0.454 e. The lowest BCUT2D eigenvalue weighted by Gasteiger charge is -2.18. The molecule has 0 aliphatic carbocycles. The topological polar surface area (TPSA) is 40.8 Å². The van der Waals surface area contributed by atoms with Gasteiger partial charge in [0, 0.05) is 26.5 Å². The van der Waals surface area contributed by atoms with Crippen LogP contribution < -0.4 is 4.57 Å². The van der Waals surface area contributed by atoms with Crippen molar-refractivity contribution in [1.82, 2.24) is 0 Å². The number of pyridine rings is 1. The quantitative estimate of drug-likeness (QED) is 0.208. The molecule has 3 nitrogen and oxygen atoms in total. The SMILES string of the molecule is [2H]c1c(F)c(C(C)(C)C)c([2H])[n+](C)c1-c1c(C)ccc2c1oc1c(-c3ccc(-c4ccccc4)c(C([2H])([2H])[2H])c3)c(C#N)ccc12. The molecular weight excluding hydrogens is 507 g/mol. The van der Waals surface area contributed by atoms with Gasteiger partial charge in [-0.2, -0.15) is 5.26 Å². The minimum Gasteiger partial charge on any atom is -0.454 e. The van der Waals surface area contributed by atoms with Gasteiger partial charge in [-0.15, -0.1) is 0 Å². The number of halogens is 1. The van der Waals surface area contributed by atoms with Gasteiger partial charge in [-0.3, -0.25) is 0 Å². The molecule has 0 aliphatic heterocycles. The normalized spacial score (nSPS) is 13.8. The number of hydrogen-bond donors (Lipinski definition) is 0. The Morgan fingerprint density at radius 2 is 1.61 bits per heavy atom. The third kappa shape index (κ3) is 4.39. The summed E-state index contributed by atoms with van der Waals surface area (Å²) in [5.41, 5.74) is 4.34. The standard InChI is InChI=1S/C37H32FN2O/c1-22-12-15-28-29-17-14-26(20-39)34(25-13-16-27(23(2)18-25)24-10-8-7-9-11-24)36(29)41-35(28)33(22)32-19-31(38)30(21-40(32)6)37(3,4)5/h7-19,21H,1-6H3/q+1/i2D3,19D,21D. The van der Waals surface area contributed by atoms with Crippen LogP contribution in [-0.2, 0) is 12.5 Å². The van der Waals surface area contributed by atoms with Crippen molar-refractivity contribution in [2.45, 2.75) is 40.0 Å². The molecule has 0 radical (unpaired) electrons. The monoisotopic (exact) mass is 544 g/mol. The van der Waals surface area contributed by atoms with Gasteiger partial charge < -0.3 is 4.42 Å². The zero-order chi connectivity index (χ0) is 33.3. The van der Waals surface area contributed by atoms with Crippen molar-refractivity contribution in [2.24, 2.45) is 7.05 Å². The molecule has 6 rings (SSSR count). The zero-order valence-electron chi connectivity index (χ0n) is 28.6. The van der Waals surface area contributed by atoms with Crippen molar-refractivity contribution in [3.8, 4) is 39.6 Å². The van der Waals surface area contributed by atoms with Crippen LogP contribution in [0.25, 0.3) is 55.4 Å². The lowest BCUT2D eigenvalue weighted by molar-refractivity contribution is -0.661. The first-order valence-electron chi connectivity index (χ1n) is 15.9. The fourth-order valence-electron chi connectivity index (χ4n) is 5.50. The highest BCUT2D eigenvalue weighted by Gasteiger charge is 2.28. The highest BCUT2D eigenvalue weighted by Crippen LogP contribution is 2.43. The first-order chi connectivity index (χ1) is 21.6. The summed E-state index contributed by atoms with van der Waals surface area (Å²) in [5, 5.41) is 11.5. The molecule has 0 saturated carbocycles. The van der Waals surface area contributed by atoms with Crippen LogP contribution in [0.1, 0.15) is 49.9 Å². The summed E-state index contributed by atoms with van der Waals surface area (Å²) in [6.07, 6.45) is -0.0355. The number of fused-ring (bicyclic) bond motifs is 3. The third-order valence-corrected chi connectivity index (χ3v) is 7.58. The van der Waals surface area contributed by atoms with Crippen LogP contribution >= 0.6 is 0 Å². The number of furan rings is 1. The predicted molar refractivity (Wildman–Crippen MR) is 164 cm³/mol. The van der Waals surface area contributed by atoms with E-state index in [2.05, 4.69) is 6.07 Å². The van der Waals surface area contributed by atoms with E-state index in [1.165, 1.54) is 4.57 Å². The molecule has 2 heterocycles. The van der Waals surface area contributed by atoms with E-state index in [1.807, 2.05) is 70.2 Å². The Balaban J connectivity index is 1.68. The van der Waals surface area contributed by atoms with Gasteiger partial charge in [0.2, 0.25) is 5.69 Å². The fourth-order valence-corrected chi connectivity index (χ4v) is 5.50. The first-order valence-corrected chi connectivity index (χ1v) is 13.4. The molecule has 0 spiro atoms. The molecule has 4 heteroatoms. The van der Waals surface area contributed by atoms with Crippen molar-refractivity contribution >= 4 is 21.9 Å². The summed E-state index contributed by atoms with van der Waals surface area (Å²) in [5.74, 6) is -0.749. The summed E-state index contributed by atoms with van der Waals surface area (Å²) in [4.78, 5) is 0. The zero-order valence-corrected chi connectivity index (χ0v) is 23.6. The van der Waals surface area contributed by atoms with E-state index in [0.29, 0.717) is 49.8 Å². The van der Waals surface area contributed by atoms with Crippen LogP contribution in [0.15, 0.2) is 89.4 Å². The van der Waals surface area contributed by atoms with Crippen LogP contribution in [0.2, 0.25) is 0 Å². The second kappa shape index (κ2) is 9.71. The molecule has 0 atom stereocenters. The molecule has 0 saturated heterocycles. The molecule has 4 aromatic carbocycles. The van der Waals surface area contributed by atoms with Gasteiger partial charge in [0.1, 0.15) is 25.4 Å². The molecule has 2 aromatic heterocycles. The number of nitriles is 1. The van der Waals surface area contributed by atoms with Crippen molar-refractivity contribution in [2.75, 3.05) is 0 Å². The molecule has 0 aliphatic rings. The van der Waals surface area contributed by atoms with Gasteiger partial charge in [0.25, 0.3) is 0 Å². The van der Waals surface area contributed by atoms with E-state index in [0.717, 1.165) is 11.1 Å². The van der Waals surface area contributed by atoms with Gasteiger partial charge in [0.05, 0.1) is 24.1 Å². The van der Waals surface area contributed by atoms with Crippen molar-refractivity contribution in [3.63, 3.8) is 0 Å². The highest BCUT2D eigenvalue weighted by molar-refractivity contribution is 6.14. The van der Waals surface area contributed by atoms with Crippen LogP contribution in [0.3, 0.4) is 0 Å². The summed E-state index contributed by atoms with van der Waals surface area (Å²) < 4.78 is 66.7. The van der Waals surface area contributed by atoms with E-state index < -0.39 is 18.1 Å². The smallest absolute Gasteiger partial charge is 0.219 e. The molecule has 6 aromatic rings. The van der Waals surface area contributed by atoms with Crippen molar-refractivity contribution < 1.29 is 20.2 Å². The Morgan fingerprint density at radius 3 is 2.29 bits per heavy atom. The van der Waals surface area contributed by atoms with E-state index in [-0.39, 0.29) is 29.0 Å². The molecule has 0 N–H and O–H groups in total. The second-order valence-electron chi connectivity index (χ2n) is 11.4. The maximum absolute atomic E-state index is 15.9. The minimum absolute atomic E-state index is 0.0355. The molecule has 0 fully saturated rings. The molecule has 0 unspecified atom stereocenters. The van der Waals surface area contributed by atoms with Crippen LogP contribution in [0.5, 0.6) is 0 Å². The fraction of sp³-hybridized carbons (Fsp3) is 0.189. The van der Waals surface area contributed by atoms with Gasteiger partial charge in [-0.1, -0.05) is 81.4 Å². The summed E-state index contributed by atoms with van der Waals surface area (Å²) in [6.45, 7) is 4.84. The van der Waals surface area contributed by atoms with Crippen LogP contribution in [0, 0.1) is 30.9 Å². The predicted octanol–water partition coefficient (Wildman–Crippen LogP) is 9.34. The number of nitrogens with zero attached hydrogens (tertiary/aromatic N) is 2.